The van der Waals surface area contributed by atoms with Crippen LogP contribution >= 0.6 is 0 Å². The molecule has 236 valence electrons. The third-order valence-corrected chi connectivity index (χ3v) is 8.78. The number of oxazole rings is 1. The number of hydrogen-bond donors (Lipinski definition) is 1. The number of benzene rings is 2. The number of pyridine rings is 1. The van der Waals surface area contributed by atoms with Gasteiger partial charge in [0.25, 0.3) is 5.91 Å². The van der Waals surface area contributed by atoms with Crippen LogP contribution in [0.1, 0.15) is 60.0 Å². The maximum atomic E-state index is 13.7. The lowest BCUT2D eigenvalue weighted by Crippen LogP contribution is -2.50. The smallest absolute Gasteiger partial charge is 0.272 e. The molecular weight excluding hydrogens is 589 g/mol. The van der Waals surface area contributed by atoms with Gasteiger partial charge in [0, 0.05) is 49.5 Å². The van der Waals surface area contributed by atoms with Crippen LogP contribution < -0.4 is 5.32 Å². The molecule has 1 aliphatic heterocycles. The lowest BCUT2D eigenvalue weighted by Gasteiger charge is -2.38. The standard InChI is InChI=1S/C33H34FN9O3/c1-41-39-30(38-40-41)29(21-7-9-24(34)10-8-21)42-15-17-43(18-16-42)33(45)27-19-23(13-14-35-27)32-37-26-20-25(11-12-28(26)46-32)36-31(44)22-5-3-2-4-6-22/h7-14,19-20,22,29H,2-6,15-18H2,1H3,(H,36,44). The number of nitrogens with one attached hydrogen (secondary N) is 1. The van der Waals surface area contributed by atoms with Gasteiger partial charge < -0.3 is 14.6 Å². The monoisotopic (exact) mass is 623 g/mol. The molecule has 2 amide bonds. The Morgan fingerprint density at radius 3 is 2.50 bits per heavy atom. The lowest BCUT2D eigenvalue weighted by atomic mass is 9.88. The molecule has 1 unspecified atom stereocenters. The minimum Gasteiger partial charge on any atom is -0.436 e. The summed E-state index contributed by atoms with van der Waals surface area (Å²) >= 11 is 0. The number of tetrazole rings is 1. The molecular formula is C33H34FN9O3. The summed E-state index contributed by atoms with van der Waals surface area (Å²) in [6.07, 6.45) is 6.81. The summed E-state index contributed by atoms with van der Waals surface area (Å²) in [7, 11) is 1.70. The zero-order valence-electron chi connectivity index (χ0n) is 25.5. The minimum absolute atomic E-state index is 0.0530. The number of carbonyl (C=O) groups excluding carboxylic acids is 2. The van der Waals surface area contributed by atoms with Gasteiger partial charge in [-0.05, 0) is 66.1 Å². The van der Waals surface area contributed by atoms with Crippen molar-refractivity contribution in [1.82, 2.24) is 40.0 Å². The molecule has 1 N–H and O–H groups in total. The van der Waals surface area contributed by atoms with Crippen LogP contribution in [0.4, 0.5) is 10.1 Å². The number of amides is 2. The van der Waals surface area contributed by atoms with Crippen molar-refractivity contribution in [1.29, 1.82) is 0 Å². The highest BCUT2D eigenvalue weighted by atomic mass is 19.1. The molecule has 0 radical (unpaired) electrons. The van der Waals surface area contributed by atoms with Crippen LogP contribution in [0.2, 0.25) is 0 Å². The summed E-state index contributed by atoms with van der Waals surface area (Å²) in [6, 6.07) is 14.8. The van der Waals surface area contributed by atoms with Crippen LogP contribution in [0.3, 0.4) is 0 Å². The summed E-state index contributed by atoms with van der Waals surface area (Å²) in [5.41, 5.74) is 3.65. The van der Waals surface area contributed by atoms with E-state index in [2.05, 4.69) is 35.6 Å². The Kier molecular flexibility index (Phi) is 8.22. The van der Waals surface area contributed by atoms with E-state index in [0.29, 0.717) is 65.9 Å². The summed E-state index contributed by atoms with van der Waals surface area (Å²) in [4.78, 5) is 40.6. The van der Waals surface area contributed by atoms with E-state index >= 15 is 0 Å². The molecule has 0 bridgehead atoms. The average molecular weight is 624 g/mol. The molecule has 46 heavy (non-hydrogen) atoms. The molecule has 13 heteroatoms. The molecule has 12 nitrogen and oxygen atoms in total. The number of anilines is 1. The maximum Gasteiger partial charge on any atom is 0.272 e. The Morgan fingerprint density at radius 1 is 0.978 bits per heavy atom. The van der Waals surface area contributed by atoms with Gasteiger partial charge in [0.2, 0.25) is 11.8 Å². The maximum absolute atomic E-state index is 13.7. The summed E-state index contributed by atoms with van der Waals surface area (Å²) < 4.78 is 19.7. The van der Waals surface area contributed by atoms with Crippen LogP contribution in [-0.2, 0) is 11.8 Å². The van der Waals surface area contributed by atoms with Crippen LogP contribution in [0.25, 0.3) is 22.6 Å². The lowest BCUT2D eigenvalue weighted by molar-refractivity contribution is -0.120. The molecule has 1 aliphatic carbocycles. The first-order valence-electron chi connectivity index (χ1n) is 15.6. The normalized spacial score (nSPS) is 16.9. The SMILES string of the molecule is Cn1nnc(C(c2ccc(F)cc2)N2CCN(C(=O)c3cc(-c4nc5cc(NC(=O)C6CCCCC6)ccc5o4)ccn3)CC2)n1. The molecule has 4 heterocycles. The van der Waals surface area contributed by atoms with Crippen molar-refractivity contribution in [2.75, 3.05) is 31.5 Å². The van der Waals surface area contributed by atoms with E-state index in [1.807, 2.05) is 12.1 Å². The van der Waals surface area contributed by atoms with Crippen molar-refractivity contribution in [3.63, 3.8) is 0 Å². The number of hydrogen-bond acceptors (Lipinski definition) is 9. The number of aromatic nitrogens is 6. The third kappa shape index (κ3) is 6.23. The largest absolute Gasteiger partial charge is 0.436 e. The van der Waals surface area contributed by atoms with Gasteiger partial charge in [0.15, 0.2) is 11.4 Å². The summed E-state index contributed by atoms with van der Waals surface area (Å²) in [6.45, 7) is 2.02. The Labute approximate surface area is 264 Å². The molecule has 7 rings (SSSR count). The van der Waals surface area contributed by atoms with Crippen molar-refractivity contribution in [3.8, 4) is 11.5 Å². The zero-order chi connectivity index (χ0) is 31.6. The van der Waals surface area contributed by atoms with Gasteiger partial charge >= 0.3 is 0 Å². The molecule has 2 aliphatic rings. The molecule has 0 spiro atoms. The molecule has 1 saturated heterocycles. The van der Waals surface area contributed by atoms with Crippen molar-refractivity contribution in [2.24, 2.45) is 13.0 Å². The van der Waals surface area contributed by atoms with Crippen molar-refractivity contribution in [2.45, 2.75) is 38.1 Å². The number of carbonyl (C=O) groups is 2. The van der Waals surface area contributed by atoms with E-state index in [9.17, 15) is 14.0 Å². The first-order chi connectivity index (χ1) is 22.4. The molecule has 5 aromatic rings. The van der Waals surface area contributed by atoms with E-state index in [1.54, 1.807) is 48.5 Å². The van der Waals surface area contributed by atoms with Gasteiger partial charge in [-0.25, -0.2) is 9.37 Å². The topological polar surface area (TPSA) is 135 Å². The fourth-order valence-corrected chi connectivity index (χ4v) is 6.34. The fraction of sp³-hybridized carbons (Fsp3) is 0.364. The average Bonchev–Trinajstić information content (AvgIpc) is 3.72. The molecule has 2 aromatic carbocycles. The highest BCUT2D eigenvalue weighted by Gasteiger charge is 2.32. The fourth-order valence-electron chi connectivity index (χ4n) is 6.34. The number of piperazine rings is 1. The third-order valence-electron chi connectivity index (χ3n) is 8.78. The van der Waals surface area contributed by atoms with Gasteiger partial charge in [-0.1, -0.05) is 31.4 Å². The van der Waals surface area contributed by atoms with Gasteiger partial charge in [-0.15, -0.1) is 10.2 Å². The van der Waals surface area contributed by atoms with E-state index in [1.165, 1.54) is 23.4 Å². The van der Waals surface area contributed by atoms with Gasteiger partial charge in [-0.3, -0.25) is 19.5 Å². The van der Waals surface area contributed by atoms with Gasteiger partial charge in [0.05, 0.1) is 13.1 Å². The van der Waals surface area contributed by atoms with Crippen LogP contribution in [-0.4, -0.2) is 78.0 Å². The van der Waals surface area contributed by atoms with E-state index in [-0.39, 0.29) is 29.6 Å². The zero-order valence-corrected chi connectivity index (χ0v) is 25.5. The van der Waals surface area contributed by atoms with Crippen LogP contribution in [0.15, 0.2) is 65.2 Å². The Morgan fingerprint density at radius 2 is 1.76 bits per heavy atom. The number of halogens is 1. The predicted molar refractivity (Wildman–Crippen MR) is 167 cm³/mol. The Hall–Kier alpha value is -5.04. The number of aryl methyl sites for hydroxylation is 1. The minimum atomic E-state index is -0.326. The Balaban J connectivity index is 1.03. The second-order valence-electron chi connectivity index (χ2n) is 11.9. The van der Waals surface area contributed by atoms with E-state index in [4.69, 9.17) is 4.42 Å². The molecule has 2 fully saturated rings. The highest BCUT2D eigenvalue weighted by molar-refractivity contribution is 5.95. The van der Waals surface area contributed by atoms with E-state index in [0.717, 1.165) is 31.2 Å². The van der Waals surface area contributed by atoms with Gasteiger partial charge in [-0.2, -0.15) is 4.80 Å². The van der Waals surface area contributed by atoms with Crippen molar-refractivity contribution < 1.29 is 18.4 Å². The Bertz CT molecular complexity index is 1860. The second kappa shape index (κ2) is 12.8. The first-order valence-corrected chi connectivity index (χ1v) is 15.6. The number of rotatable bonds is 7. The van der Waals surface area contributed by atoms with Crippen molar-refractivity contribution in [3.05, 3.63) is 83.7 Å². The molecule has 1 saturated carbocycles. The van der Waals surface area contributed by atoms with Gasteiger partial charge in [0.1, 0.15) is 17.0 Å². The van der Waals surface area contributed by atoms with Crippen molar-refractivity contribution >= 4 is 28.6 Å². The summed E-state index contributed by atoms with van der Waals surface area (Å²) in [5.74, 6) is 0.477. The molecule has 3 aromatic heterocycles. The van der Waals surface area contributed by atoms with Crippen LogP contribution in [0, 0.1) is 11.7 Å². The number of nitrogens with zero attached hydrogens (tertiary/aromatic N) is 8. The highest BCUT2D eigenvalue weighted by Crippen LogP contribution is 2.30. The quantitative estimate of drug-likeness (QED) is 0.276. The van der Waals surface area contributed by atoms with E-state index < -0.39 is 0 Å². The predicted octanol–water partition coefficient (Wildman–Crippen LogP) is 4.62. The first kappa shape index (κ1) is 29.7. The number of fused-ring (bicyclic) bond motifs is 1. The molecule has 1 atom stereocenters. The van der Waals surface area contributed by atoms with Crippen LogP contribution in [0.5, 0.6) is 0 Å². The summed E-state index contributed by atoms with van der Waals surface area (Å²) in [5, 5.41) is 15.7. The second-order valence-corrected chi connectivity index (χ2v) is 11.9.